The predicted molar refractivity (Wildman–Crippen MR) is 158 cm³/mol. The molecular weight excluding hydrogens is 536 g/mol. The van der Waals surface area contributed by atoms with Gasteiger partial charge in [0.15, 0.2) is 12.2 Å². The van der Waals surface area contributed by atoms with E-state index in [4.69, 9.17) is 9.68 Å². The first-order valence-corrected chi connectivity index (χ1v) is 13.8. The summed E-state index contributed by atoms with van der Waals surface area (Å²) in [5.41, 5.74) is 6.02. The van der Waals surface area contributed by atoms with Gasteiger partial charge in [0, 0.05) is 24.2 Å². The highest BCUT2D eigenvalue weighted by Crippen LogP contribution is 2.18. The van der Waals surface area contributed by atoms with Crippen LogP contribution in [0.4, 0.5) is 0 Å². The molecule has 222 valence electrons. The maximum atomic E-state index is 12.9. The molecule has 10 heteroatoms. The second kappa shape index (κ2) is 16.0. The first-order valence-electron chi connectivity index (χ1n) is 13.8. The standard InChI is InChI=1S/C32H38N4O6/c1-21(2)19-33-31(39)27(23-12-7-5-8-13-23)41-35-29(37)25-16-11-17-26(18-25)30(38)36-42-28(24-14-9-6-10-15-24)32(40)34-20-22(3)4/h5-18,21-22,27-28H,19-20H2,1-4H3,(H,33,39)(H,34,40)(H,35,37)(H,36,38)/t27-,28-/m1/s1. The van der Waals surface area contributed by atoms with E-state index in [9.17, 15) is 19.2 Å². The van der Waals surface area contributed by atoms with Crippen molar-refractivity contribution in [3.05, 3.63) is 107 Å². The topological polar surface area (TPSA) is 135 Å². The van der Waals surface area contributed by atoms with Gasteiger partial charge in [-0.15, -0.1) is 0 Å². The monoisotopic (exact) mass is 574 g/mol. The Morgan fingerprint density at radius 1 is 0.571 bits per heavy atom. The van der Waals surface area contributed by atoms with Gasteiger partial charge >= 0.3 is 0 Å². The van der Waals surface area contributed by atoms with E-state index in [1.165, 1.54) is 24.3 Å². The fourth-order valence-corrected chi connectivity index (χ4v) is 3.74. The zero-order chi connectivity index (χ0) is 30.5. The van der Waals surface area contributed by atoms with Crippen molar-refractivity contribution in [2.75, 3.05) is 13.1 Å². The molecule has 0 aliphatic rings. The largest absolute Gasteiger partial charge is 0.353 e. The minimum Gasteiger partial charge on any atom is -0.353 e. The average molecular weight is 575 g/mol. The zero-order valence-corrected chi connectivity index (χ0v) is 24.3. The highest BCUT2D eigenvalue weighted by molar-refractivity contribution is 5.99. The summed E-state index contributed by atoms with van der Waals surface area (Å²) in [6.07, 6.45) is -2.16. The molecular formula is C32H38N4O6. The Hall–Kier alpha value is -4.54. The molecule has 0 aliphatic heterocycles. The van der Waals surface area contributed by atoms with Gasteiger partial charge in [-0.25, -0.2) is 11.0 Å². The number of benzene rings is 3. The first kappa shape index (κ1) is 32.0. The van der Waals surface area contributed by atoms with E-state index in [0.717, 1.165) is 0 Å². The van der Waals surface area contributed by atoms with E-state index in [1.54, 1.807) is 48.5 Å². The summed E-state index contributed by atoms with van der Waals surface area (Å²) in [7, 11) is 0. The molecule has 0 radical (unpaired) electrons. The minimum absolute atomic E-state index is 0.117. The van der Waals surface area contributed by atoms with Crippen LogP contribution >= 0.6 is 0 Å². The lowest BCUT2D eigenvalue weighted by atomic mass is 10.1. The molecule has 0 aromatic heterocycles. The highest BCUT2D eigenvalue weighted by Gasteiger charge is 2.25. The van der Waals surface area contributed by atoms with Crippen molar-refractivity contribution in [1.29, 1.82) is 0 Å². The molecule has 0 heterocycles. The molecule has 3 rings (SSSR count). The van der Waals surface area contributed by atoms with Crippen molar-refractivity contribution < 1.29 is 28.9 Å². The summed E-state index contributed by atoms with van der Waals surface area (Å²) in [5, 5.41) is 5.63. The Labute approximate surface area is 246 Å². The van der Waals surface area contributed by atoms with Gasteiger partial charge in [-0.3, -0.25) is 28.9 Å². The van der Waals surface area contributed by atoms with Crippen molar-refractivity contribution in [3.63, 3.8) is 0 Å². The summed E-state index contributed by atoms with van der Waals surface area (Å²) >= 11 is 0. The van der Waals surface area contributed by atoms with Gasteiger partial charge in [-0.1, -0.05) is 94.4 Å². The quantitative estimate of drug-likeness (QED) is 0.215. The molecule has 0 unspecified atom stereocenters. The zero-order valence-electron chi connectivity index (χ0n) is 24.3. The number of hydrogen-bond acceptors (Lipinski definition) is 6. The Morgan fingerprint density at radius 2 is 0.952 bits per heavy atom. The number of hydroxylamine groups is 2. The summed E-state index contributed by atoms with van der Waals surface area (Å²) in [6.45, 7) is 8.78. The lowest BCUT2D eigenvalue weighted by Crippen LogP contribution is -2.37. The molecule has 4 N–H and O–H groups in total. The number of rotatable bonds is 14. The van der Waals surface area contributed by atoms with Gasteiger partial charge in [0.25, 0.3) is 23.6 Å². The lowest BCUT2D eigenvalue weighted by Gasteiger charge is -2.19. The second-order valence-electron chi connectivity index (χ2n) is 10.5. The van der Waals surface area contributed by atoms with E-state index < -0.39 is 35.8 Å². The van der Waals surface area contributed by atoms with Crippen LogP contribution in [0.1, 0.15) is 71.7 Å². The summed E-state index contributed by atoms with van der Waals surface area (Å²) < 4.78 is 0. The van der Waals surface area contributed by atoms with Crippen molar-refractivity contribution >= 4 is 23.6 Å². The molecule has 0 aliphatic carbocycles. The fourth-order valence-electron chi connectivity index (χ4n) is 3.74. The Balaban J connectivity index is 1.67. The minimum atomic E-state index is -1.08. The molecule has 0 bridgehead atoms. The molecule has 3 aromatic carbocycles. The first-order chi connectivity index (χ1) is 20.2. The van der Waals surface area contributed by atoms with Crippen LogP contribution in [0, 0.1) is 11.8 Å². The average Bonchev–Trinajstić information content (AvgIpc) is 3.00. The Morgan fingerprint density at radius 3 is 1.31 bits per heavy atom. The van der Waals surface area contributed by atoms with Gasteiger partial charge in [-0.2, -0.15) is 0 Å². The molecule has 0 saturated carbocycles. The third-order valence-electron chi connectivity index (χ3n) is 5.98. The van der Waals surface area contributed by atoms with E-state index in [1.807, 2.05) is 39.8 Å². The van der Waals surface area contributed by atoms with E-state index >= 15 is 0 Å². The van der Waals surface area contributed by atoms with Gasteiger partial charge in [-0.05, 0) is 41.2 Å². The van der Waals surface area contributed by atoms with Crippen LogP contribution in [0.5, 0.6) is 0 Å². The summed E-state index contributed by atoms with van der Waals surface area (Å²) in [5.74, 6) is -1.64. The van der Waals surface area contributed by atoms with Crippen molar-refractivity contribution in [2.24, 2.45) is 11.8 Å². The molecule has 0 fully saturated rings. The van der Waals surface area contributed by atoms with Gasteiger partial charge < -0.3 is 10.6 Å². The normalized spacial score (nSPS) is 12.3. The van der Waals surface area contributed by atoms with Crippen LogP contribution in [0.3, 0.4) is 0 Å². The van der Waals surface area contributed by atoms with Gasteiger partial charge in [0.05, 0.1) is 0 Å². The highest BCUT2D eigenvalue weighted by atomic mass is 16.7. The van der Waals surface area contributed by atoms with Crippen molar-refractivity contribution in [2.45, 2.75) is 39.9 Å². The smallest absolute Gasteiger partial charge is 0.274 e. The van der Waals surface area contributed by atoms with E-state index in [-0.39, 0.29) is 23.0 Å². The Bertz CT molecular complexity index is 1230. The number of amides is 4. The predicted octanol–water partition coefficient (Wildman–Crippen LogP) is 4.04. The third-order valence-corrected chi connectivity index (χ3v) is 5.98. The van der Waals surface area contributed by atoms with Gasteiger partial charge in [0.1, 0.15) is 0 Å². The SMILES string of the molecule is CC(C)CNC(=O)[C@H](ONC(=O)c1cccc(C(=O)NO[C@@H](C(=O)NCC(C)C)c2ccccc2)c1)c1ccccc1. The van der Waals surface area contributed by atoms with E-state index in [2.05, 4.69) is 21.6 Å². The van der Waals surface area contributed by atoms with Crippen LogP contribution in [0.2, 0.25) is 0 Å². The third kappa shape index (κ3) is 9.83. The fraction of sp³-hybridized carbons (Fsp3) is 0.312. The summed E-state index contributed by atoms with van der Waals surface area (Å²) in [4.78, 5) is 62.6. The number of carbonyl (C=O) groups excluding carboxylic acids is 4. The molecule has 10 nitrogen and oxygen atoms in total. The van der Waals surface area contributed by atoms with Crippen molar-refractivity contribution in [3.8, 4) is 0 Å². The number of hydrogen-bond donors (Lipinski definition) is 4. The van der Waals surface area contributed by atoms with Crippen LogP contribution < -0.4 is 21.6 Å². The molecule has 42 heavy (non-hydrogen) atoms. The molecule has 2 atom stereocenters. The molecule has 0 spiro atoms. The van der Waals surface area contributed by atoms with Crippen LogP contribution in [-0.2, 0) is 19.3 Å². The lowest BCUT2D eigenvalue weighted by molar-refractivity contribution is -0.137. The van der Waals surface area contributed by atoms with E-state index in [0.29, 0.717) is 24.2 Å². The molecule has 3 aromatic rings. The maximum Gasteiger partial charge on any atom is 0.274 e. The molecule has 4 amide bonds. The van der Waals surface area contributed by atoms with Gasteiger partial charge in [0.2, 0.25) is 0 Å². The Kier molecular flexibility index (Phi) is 12.2. The van der Waals surface area contributed by atoms with Crippen LogP contribution in [-0.4, -0.2) is 36.7 Å². The number of nitrogens with one attached hydrogen (secondary N) is 4. The maximum absolute atomic E-state index is 12.9. The summed E-state index contributed by atoms with van der Waals surface area (Å²) in [6, 6.07) is 23.5. The number of carbonyl (C=O) groups is 4. The van der Waals surface area contributed by atoms with Crippen LogP contribution in [0.25, 0.3) is 0 Å². The second-order valence-corrected chi connectivity index (χ2v) is 10.5. The van der Waals surface area contributed by atoms with Crippen molar-refractivity contribution in [1.82, 2.24) is 21.6 Å². The molecule has 0 saturated heterocycles. The van der Waals surface area contributed by atoms with Crippen LogP contribution in [0.15, 0.2) is 84.9 Å².